The summed E-state index contributed by atoms with van der Waals surface area (Å²) in [5.74, 6) is 0. The van der Waals surface area contributed by atoms with Crippen molar-refractivity contribution in [3.63, 3.8) is 0 Å². The highest BCUT2D eigenvalue weighted by Crippen LogP contribution is 2.47. The molecule has 0 aliphatic rings. The Morgan fingerprint density at radius 1 is 0.250 bits per heavy atom. The highest BCUT2D eigenvalue weighted by Gasteiger charge is 2.21. The van der Waals surface area contributed by atoms with Gasteiger partial charge in [0, 0.05) is 39.1 Å². The zero-order chi connectivity index (χ0) is 47.3. The van der Waals surface area contributed by atoms with Gasteiger partial charge in [-0.05, 0) is 147 Å². The van der Waals surface area contributed by atoms with E-state index in [1.54, 1.807) is 0 Å². The molecule has 1 aromatic heterocycles. The van der Waals surface area contributed by atoms with Crippen molar-refractivity contribution in [1.82, 2.24) is 4.57 Å². The molecule has 0 fully saturated rings. The second-order valence-electron chi connectivity index (χ2n) is 19.2. The Kier molecular flexibility index (Phi) is 8.99. The topological polar surface area (TPSA) is 8.17 Å². The minimum Gasteiger partial charge on any atom is -0.310 e. The molecule has 0 spiro atoms. The Morgan fingerprint density at radius 3 is 1.28 bits per heavy atom. The lowest BCUT2D eigenvalue weighted by atomic mass is 9.87. The molecule has 15 rings (SSSR count). The second-order valence-corrected chi connectivity index (χ2v) is 19.2. The van der Waals surface area contributed by atoms with Gasteiger partial charge in [0.25, 0.3) is 0 Å². The average molecular weight is 913 g/mol. The van der Waals surface area contributed by atoms with Crippen molar-refractivity contribution in [2.45, 2.75) is 0 Å². The Balaban J connectivity index is 0.952. The number of rotatable bonds is 7. The van der Waals surface area contributed by atoms with Crippen LogP contribution in [-0.4, -0.2) is 4.57 Å². The Hall–Kier alpha value is -9.50. The third-order valence-electron chi connectivity index (χ3n) is 15.3. The molecule has 2 nitrogen and oxygen atoms in total. The Bertz CT molecular complexity index is 4560. The van der Waals surface area contributed by atoms with Crippen LogP contribution in [0.4, 0.5) is 17.1 Å². The van der Waals surface area contributed by atoms with Crippen LogP contribution < -0.4 is 4.90 Å². The first-order valence-corrected chi connectivity index (χ1v) is 24.9. The summed E-state index contributed by atoms with van der Waals surface area (Å²) in [6, 6.07) is 98.7. The van der Waals surface area contributed by atoms with Crippen LogP contribution in [-0.2, 0) is 0 Å². The van der Waals surface area contributed by atoms with Crippen LogP contribution in [0, 0.1) is 0 Å². The van der Waals surface area contributed by atoms with Crippen molar-refractivity contribution in [2.24, 2.45) is 0 Å². The van der Waals surface area contributed by atoms with Crippen LogP contribution in [0.25, 0.3) is 126 Å². The molecule has 0 atom stereocenters. The summed E-state index contributed by atoms with van der Waals surface area (Å²) in [4.78, 5) is 2.45. The van der Waals surface area contributed by atoms with Crippen molar-refractivity contribution in [3.8, 4) is 39.1 Å². The quantitative estimate of drug-likeness (QED) is 0.145. The minimum absolute atomic E-state index is 1.08. The number of para-hydroxylation sites is 3. The number of anilines is 3. The summed E-state index contributed by atoms with van der Waals surface area (Å²) in [6.07, 6.45) is 0. The van der Waals surface area contributed by atoms with E-state index in [2.05, 4.69) is 276 Å². The number of hydrogen-bond donors (Lipinski definition) is 0. The van der Waals surface area contributed by atoms with Crippen LogP contribution in [0.1, 0.15) is 0 Å². The molecule has 0 radical (unpaired) electrons. The van der Waals surface area contributed by atoms with Crippen LogP contribution in [0.5, 0.6) is 0 Å². The lowest BCUT2D eigenvalue weighted by molar-refractivity contribution is 1.18. The minimum atomic E-state index is 1.08. The van der Waals surface area contributed by atoms with E-state index in [-0.39, 0.29) is 0 Å². The van der Waals surface area contributed by atoms with Gasteiger partial charge in [0.1, 0.15) is 0 Å². The third kappa shape index (κ3) is 6.22. The van der Waals surface area contributed by atoms with E-state index in [9.17, 15) is 0 Å². The monoisotopic (exact) mass is 912 g/mol. The van der Waals surface area contributed by atoms with E-state index in [1.807, 2.05) is 0 Å². The zero-order valence-electron chi connectivity index (χ0n) is 39.3. The zero-order valence-corrected chi connectivity index (χ0v) is 39.3. The van der Waals surface area contributed by atoms with Gasteiger partial charge in [-0.25, -0.2) is 0 Å². The van der Waals surface area contributed by atoms with Crippen LogP contribution in [0.3, 0.4) is 0 Å². The first-order valence-electron chi connectivity index (χ1n) is 24.9. The Morgan fingerprint density at radius 2 is 0.681 bits per heavy atom. The smallest absolute Gasteiger partial charge is 0.0619 e. The summed E-state index contributed by atoms with van der Waals surface area (Å²) in [6.45, 7) is 0. The molecule has 0 bridgehead atoms. The number of aromatic nitrogens is 1. The SMILES string of the molecule is c1ccc(-c2ccc(-c3ccc(N(c4ccc(-c5cccc6c7ccccc7n(-c7ccccc7)c56)cc4)c4cc5ccc6cccc7c8cccc9ccc%10cccc(c(c4)c5c67)c%10c98)cc3)cc2)cc1. The number of benzene rings is 13. The summed E-state index contributed by atoms with van der Waals surface area (Å²) in [7, 11) is 0. The van der Waals surface area contributed by atoms with Gasteiger partial charge >= 0.3 is 0 Å². The van der Waals surface area contributed by atoms with Gasteiger partial charge in [-0.15, -0.1) is 0 Å². The van der Waals surface area contributed by atoms with Crippen molar-refractivity contribution in [1.29, 1.82) is 0 Å². The lowest BCUT2D eigenvalue weighted by Crippen LogP contribution is -2.10. The molecule has 1 heterocycles. The van der Waals surface area contributed by atoms with Crippen molar-refractivity contribution in [3.05, 3.63) is 267 Å². The van der Waals surface area contributed by atoms with Gasteiger partial charge in [-0.1, -0.05) is 212 Å². The van der Waals surface area contributed by atoms with Crippen LogP contribution in [0.2, 0.25) is 0 Å². The molecule has 0 aliphatic carbocycles. The summed E-state index contributed by atoms with van der Waals surface area (Å²) in [5.41, 5.74) is 14.0. The molecule has 15 aromatic rings. The highest BCUT2D eigenvalue weighted by atomic mass is 15.1. The number of fused-ring (bicyclic) bond motifs is 5. The molecule has 2 heteroatoms. The maximum Gasteiger partial charge on any atom is 0.0619 e. The Labute approximate surface area is 416 Å². The van der Waals surface area contributed by atoms with Gasteiger partial charge in [-0.3, -0.25) is 0 Å². The predicted molar refractivity (Wildman–Crippen MR) is 308 cm³/mol. The standard InChI is InChI=1S/C70H44N2/c1-3-13-45(14-4-1)46-27-29-47(30-28-46)48-35-39-55(40-36-48)71(56-41-37-49(38-42-56)58-21-12-25-63-59-20-7-8-26-65(59)72(70(58)63)54-18-5-2-6-19-54)57-43-53-34-33-52-16-10-23-61-60-22-9-15-50-31-32-51-17-11-24-62(68(51)66(50)60)64(44-57)69(53)67(52)61/h1-44H. The molecule has 0 aliphatic heterocycles. The van der Waals surface area contributed by atoms with Gasteiger partial charge in [0.15, 0.2) is 0 Å². The maximum absolute atomic E-state index is 2.46. The predicted octanol–water partition coefficient (Wildman–Crippen LogP) is 19.6. The fourth-order valence-electron chi connectivity index (χ4n) is 12.0. The first kappa shape index (κ1) is 40.4. The molecule has 334 valence electrons. The lowest BCUT2D eigenvalue weighted by Gasteiger charge is -2.27. The molecular formula is C70H44N2. The van der Waals surface area contributed by atoms with E-state index in [4.69, 9.17) is 0 Å². The normalized spacial score (nSPS) is 11.9. The summed E-state index contributed by atoms with van der Waals surface area (Å²) in [5, 5.41) is 17.7. The number of hydrogen-bond acceptors (Lipinski definition) is 1. The van der Waals surface area contributed by atoms with Crippen molar-refractivity contribution >= 4 is 104 Å². The van der Waals surface area contributed by atoms with Crippen LogP contribution >= 0.6 is 0 Å². The van der Waals surface area contributed by atoms with Gasteiger partial charge in [0.05, 0.1) is 11.0 Å². The summed E-state index contributed by atoms with van der Waals surface area (Å²) < 4.78 is 2.43. The van der Waals surface area contributed by atoms with Crippen molar-refractivity contribution < 1.29 is 0 Å². The van der Waals surface area contributed by atoms with E-state index in [0.29, 0.717) is 0 Å². The fourth-order valence-corrected chi connectivity index (χ4v) is 12.0. The molecule has 0 N–H and O–H groups in total. The van der Waals surface area contributed by atoms with E-state index >= 15 is 0 Å². The number of nitrogens with zero attached hydrogens (tertiary/aromatic N) is 2. The molecular weight excluding hydrogens is 869 g/mol. The molecule has 0 saturated heterocycles. The first-order chi connectivity index (χ1) is 35.7. The molecule has 14 aromatic carbocycles. The van der Waals surface area contributed by atoms with Crippen molar-refractivity contribution in [2.75, 3.05) is 4.90 Å². The van der Waals surface area contributed by atoms with E-state index in [1.165, 1.54) is 114 Å². The molecule has 0 amide bonds. The van der Waals surface area contributed by atoms with Gasteiger partial charge in [0.2, 0.25) is 0 Å². The molecule has 0 saturated carbocycles. The largest absolute Gasteiger partial charge is 0.310 e. The summed E-state index contributed by atoms with van der Waals surface area (Å²) >= 11 is 0. The second kappa shape index (κ2) is 16.0. The van der Waals surface area contributed by atoms with Gasteiger partial charge < -0.3 is 9.47 Å². The van der Waals surface area contributed by atoms with E-state index < -0.39 is 0 Å². The van der Waals surface area contributed by atoms with E-state index in [0.717, 1.165) is 28.3 Å². The van der Waals surface area contributed by atoms with Gasteiger partial charge in [-0.2, -0.15) is 0 Å². The average Bonchev–Trinajstić information content (AvgIpc) is 3.80. The third-order valence-corrected chi connectivity index (χ3v) is 15.3. The fraction of sp³-hybridized carbons (Fsp3) is 0. The molecule has 0 unspecified atom stereocenters. The van der Waals surface area contributed by atoms with Crippen LogP contribution in [0.15, 0.2) is 267 Å². The maximum atomic E-state index is 2.46. The molecule has 72 heavy (non-hydrogen) atoms. The highest BCUT2D eigenvalue weighted by molar-refractivity contribution is 6.37.